The van der Waals surface area contributed by atoms with Gasteiger partial charge in [0.05, 0.1) is 15.7 Å². The smallest absolute Gasteiger partial charge is 0.406 e. The first-order valence-corrected chi connectivity index (χ1v) is 6.63. The van der Waals surface area contributed by atoms with Gasteiger partial charge in [-0.25, -0.2) is 0 Å². The number of halogens is 5. The van der Waals surface area contributed by atoms with Crippen molar-refractivity contribution in [2.24, 2.45) is 0 Å². The summed E-state index contributed by atoms with van der Waals surface area (Å²) in [6.07, 6.45) is -4.69. The zero-order valence-electron chi connectivity index (χ0n) is 10.5. The minimum Gasteiger partial charge on any atom is -0.406 e. The average Bonchev–Trinajstić information content (AvgIpc) is 2.38. The molecular formula is C14H10Cl2F3NO. The largest absolute Gasteiger partial charge is 0.573 e. The maximum Gasteiger partial charge on any atom is 0.573 e. The molecule has 1 N–H and O–H groups in total. The molecule has 0 radical (unpaired) electrons. The van der Waals surface area contributed by atoms with E-state index in [2.05, 4.69) is 10.1 Å². The van der Waals surface area contributed by atoms with E-state index in [1.54, 1.807) is 18.2 Å². The van der Waals surface area contributed by atoms with Gasteiger partial charge in [0.15, 0.2) is 0 Å². The Kier molecular flexibility index (Phi) is 4.85. The van der Waals surface area contributed by atoms with Crippen molar-refractivity contribution >= 4 is 28.9 Å². The maximum atomic E-state index is 12.0. The molecule has 2 aromatic rings. The molecule has 2 rings (SSSR count). The van der Waals surface area contributed by atoms with Crippen molar-refractivity contribution in [2.45, 2.75) is 12.9 Å². The molecule has 0 unspecified atom stereocenters. The van der Waals surface area contributed by atoms with Crippen LogP contribution in [-0.2, 0) is 6.54 Å². The highest BCUT2D eigenvalue weighted by atomic mass is 35.5. The van der Waals surface area contributed by atoms with Gasteiger partial charge >= 0.3 is 6.36 Å². The van der Waals surface area contributed by atoms with Crippen LogP contribution in [0.25, 0.3) is 0 Å². The number of ether oxygens (including phenoxy) is 1. The highest BCUT2D eigenvalue weighted by molar-refractivity contribution is 6.39. The van der Waals surface area contributed by atoms with Crippen LogP contribution < -0.4 is 10.1 Å². The first-order valence-electron chi connectivity index (χ1n) is 5.88. The Labute approximate surface area is 129 Å². The molecule has 0 spiro atoms. The fourth-order valence-electron chi connectivity index (χ4n) is 1.67. The van der Waals surface area contributed by atoms with Gasteiger partial charge in [-0.05, 0) is 29.8 Å². The quantitative estimate of drug-likeness (QED) is 0.796. The fourth-order valence-corrected chi connectivity index (χ4v) is 2.20. The zero-order chi connectivity index (χ0) is 15.5. The number of hydrogen-bond acceptors (Lipinski definition) is 2. The van der Waals surface area contributed by atoms with Crippen LogP contribution in [0.2, 0.25) is 10.0 Å². The fraction of sp³-hybridized carbons (Fsp3) is 0.143. The number of para-hydroxylation sites is 1. The molecule has 0 bridgehead atoms. The number of nitrogens with one attached hydrogen (secondary N) is 1. The van der Waals surface area contributed by atoms with Gasteiger partial charge in [0.25, 0.3) is 0 Å². The summed E-state index contributed by atoms with van der Waals surface area (Å²) in [6, 6.07) is 10.7. The van der Waals surface area contributed by atoms with Gasteiger partial charge in [-0.3, -0.25) is 0 Å². The van der Waals surface area contributed by atoms with Crippen LogP contribution >= 0.6 is 23.2 Å². The molecule has 21 heavy (non-hydrogen) atoms. The predicted octanol–water partition coefficient (Wildman–Crippen LogP) is 5.50. The second kappa shape index (κ2) is 6.45. The third kappa shape index (κ3) is 4.72. The molecule has 0 saturated heterocycles. The van der Waals surface area contributed by atoms with E-state index in [-0.39, 0.29) is 5.75 Å². The summed E-state index contributed by atoms with van der Waals surface area (Å²) in [4.78, 5) is 0. The van der Waals surface area contributed by atoms with Crippen LogP contribution in [0, 0.1) is 0 Å². The SMILES string of the molecule is FC(F)(F)Oc1ccc(CNc2c(Cl)cccc2Cl)cc1. The van der Waals surface area contributed by atoms with Crippen molar-refractivity contribution in [1.29, 1.82) is 0 Å². The van der Waals surface area contributed by atoms with Crippen molar-refractivity contribution in [2.75, 3.05) is 5.32 Å². The van der Waals surface area contributed by atoms with Crippen LogP contribution in [0.3, 0.4) is 0 Å². The lowest BCUT2D eigenvalue weighted by atomic mass is 10.2. The Bertz CT molecular complexity index is 594. The normalized spacial score (nSPS) is 11.3. The second-order valence-electron chi connectivity index (χ2n) is 4.14. The summed E-state index contributed by atoms with van der Waals surface area (Å²) in [5, 5.41) is 3.98. The highest BCUT2D eigenvalue weighted by Gasteiger charge is 2.30. The van der Waals surface area contributed by atoms with E-state index in [1.165, 1.54) is 24.3 Å². The van der Waals surface area contributed by atoms with Gasteiger partial charge in [-0.2, -0.15) is 0 Å². The van der Waals surface area contributed by atoms with E-state index in [0.29, 0.717) is 22.3 Å². The second-order valence-corrected chi connectivity index (χ2v) is 4.96. The summed E-state index contributed by atoms with van der Waals surface area (Å²) in [7, 11) is 0. The lowest BCUT2D eigenvalue weighted by Crippen LogP contribution is -2.17. The average molecular weight is 336 g/mol. The third-order valence-corrected chi connectivity index (χ3v) is 3.22. The monoisotopic (exact) mass is 335 g/mol. The summed E-state index contributed by atoms with van der Waals surface area (Å²) >= 11 is 12.0. The van der Waals surface area contributed by atoms with E-state index in [4.69, 9.17) is 23.2 Å². The Hall–Kier alpha value is -1.59. The predicted molar refractivity (Wildman–Crippen MR) is 76.9 cm³/mol. The van der Waals surface area contributed by atoms with Crippen LogP contribution in [0.5, 0.6) is 5.75 Å². The topological polar surface area (TPSA) is 21.3 Å². The van der Waals surface area contributed by atoms with Crippen molar-refractivity contribution in [3.63, 3.8) is 0 Å². The molecule has 0 atom stereocenters. The molecule has 2 aromatic carbocycles. The Morgan fingerprint density at radius 1 is 0.952 bits per heavy atom. The van der Waals surface area contributed by atoms with Crippen molar-refractivity contribution < 1.29 is 17.9 Å². The molecule has 0 amide bonds. The first kappa shape index (κ1) is 15.8. The maximum absolute atomic E-state index is 12.0. The van der Waals surface area contributed by atoms with Gasteiger partial charge in [0, 0.05) is 6.54 Å². The molecule has 2 nitrogen and oxygen atoms in total. The molecular weight excluding hydrogens is 326 g/mol. The van der Waals surface area contributed by atoms with Gasteiger partial charge < -0.3 is 10.1 Å². The standard InChI is InChI=1S/C14H10Cl2F3NO/c15-11-2-1-3-12(16)13(11)20-8-9-4-6-10(7-5-9)21-14(17,18)19/h1-7,20H,8H2. The van der Waals surface area contributed by atoms with Crippen LogP contribution in [0.4, 0.5) is 18.9 Å². The van der Waals surface area contributed by atoms with E-state index >= 15 is 0 Å². The van der Waals surface area contributed by atoms with Gasteiger partial charge in [-0.1, -0.05) is 41.4 Å². The van der Waals surface area contributed by atoms with Crippen molar-refractivity contribution in [3.05, 3.63) is 58.1 Å². The van der Waals surface area contributed by atoms with Gasteiger partial charge in [0.2, 0.25) is 0 Å². The lowest BCUT2D eigenvalue weighted by Gasteiger charge is -2.11. The molecule has 0 heterocycles. The minimum absolute atomic E-state index is 0.262. The number of hydrogen-bond donors (Lipinski definition) is 1. The Morgan fingerprint density at radius 2 is 1.52 bits per heavy atom. The molecule has 0 aromatic heterocycles. The molecule has 7 heteroatoms. The molecule has 0 fully saturated rings. The molecule has 0 saturated carbocycles. The van der Waals surface area contributed by atoms with E-state index < -0.39 is 6.36 Å². The minimum atomic E-state index is -4.69. The third-order valence-electron chi connectivity index (χ3n) is 2.59. The van der Waals surface area contributed by atoms with Crippen molar-refractivity contribution in [3.8, 4) is 5.75 Å². The van der Waals surface area contributed by atoms with Crippen molar-refractivity contribution in [1.82, 2.24) is 0 Å². The number of anilines is 1. The first-order chi connectivity index (χ1) is 9.85. The number of rotatable bonds is 4. The highest BCUT2D eigenvalue weighted by Crippen LogP contribution is 2.30. The van der Waals surface area contributed by atoms with E-state index in [1.807, 2.05) is 0 Å². The molecule has 0 aliphatic carbocycles. The molecule has 0 aliphatic rings. The summed E-state index contributed by atoms with van der Waals surface area (Å²) in [6.45, 7) is 0.371. The number of alkyl halides is 3. The molecule has 0 aliphatic heterocycles. The lowest BCUT2D eigenvalue weighted by molar-refractivity contribution is -0.274. The van der Waals surface area contributed by atoms with Crippen LogP contribution in [0.15, 0.2) is 42.5 Å². The van der Waals surface area contributed by atoms with Gasteiger partial charge in [-0.15, -0.1) is 13.2 Å². The number of benzene rings is 2. The summed E-state index contributed by atoms with van der Waals surface area (Å²) in [5.74, 6) is -0.262. The van der Waals surface area contributed by atoms with E-state index in [0.717, 1.165) is 5.56 Å². The van der Waals surface area contributed by atoms with Crippen LogP contribution in [0.1, 0.15) is 5.56 Å². The molecule has 112 valence electrons. The van der Waals surface area contributed by atoms with Crippen LogP contribution in [-0.4, -0.2) is 6.36 Å². The Balaban J connectivity index is 2.01. The summed E-state index contributed by atoms with van der Waals surface area (Å²) < 4.78 is 39.9. The zero-order valence-corrected chi connectivity index (χ0v) is 12.1. The van der Waals surface area contributed by atoms with Gasteiger partial charge in [0.1, 0.15) is 5.75 Å². The van der Waals surface area contributed by atoms with E-state index in [9.17, 15) is 13.2 Å². The summed E-state index contributed by atoms with van der Waals surface area (Å²) in [5.41, 5.74) is 1.34. The Morgan fingerprint density at radius 3 is 2.05 bits per heavy atom.